The van der Waals surface area contributed by atoms with Crippen LogP contribution in [0.25, 0.3) is 65.4 Å². The van der Waals surface area contributed by atoms with Gasteiger partial charge in [0, 0.05) is 0 Å². The molecule has 0 fully saturated rings. The van der Waals surface area contributed by atoms with E-state index in [1.807, 2.05) is 0 Å². The molecule has 0 N–H and O–H groups in total. The number of aryl methyl sites for hydroxylation is 2. The van der Waals surface area contributed by atoms with Gasteiger partial charge in [-0.3, -0.25) is 0 Å². The van der Waals surface area contributed by atoms with Crippen molar-refractivity contribution in [3.8, 4) is 0 Å². The normalized spacial score (nSPS) is 13.5. The minimum atomic E-state index is 0.454. The van der Waals surface area contributed by atoms with Gasteiger partial charge in [0.25, 0.3) is 0 Å². The van der Waals surface area contributed by atoms with Crippen LogP contribution in [0.1, 0.15) is 236 Å². The van der Waals surface area contributed by atoms with Crippen LogP contribution in [-0.4, -0.2) is 0 Å². The lowest BCUT2D eigenvalue weighted by Gasteiger charge is -2.35. The highest BCUT2D eigenvalue weighted by Gasteiger charge is 2.31. The van der Waals surface area contributed by atoms with Crippen LogP contribution in [0.15, 0.2) is 62.7 Å². The first-order chi connectivity index (χ1) is 30.4. The second-order valence-corrected chi connectivity index (χ2v) is 21.0. The van der Waals surface area contributed by atoms with Crippen LogP contribution in [0.4, 0.5) is 0 Å². The monoisotopic (exact) mass is 845 g/mol. The number of rotatable bonds is 28. The molecule has 5 aromatic carbocycles. The molecule has 0 saturated carbocycles. The Bertz CT molecular complexity index is 2350. The van der Waals surface area contributed by atoms with Crippen molar-refractivity contribution in [2.24, 2.45) is 10.8 Å². The minimum Gasteiger partial charge on any atom is -0.0955 e. The Morgan fingerprint density at radius 1 is 0.429 bits per heavy atom. The van der Waals surface area contributed by atoms with Gasteiger partial charge in [-0.2, -0.15) is 0 Å². The molecule has 1 aliphatic rings. The lowest BCUT2D eigenvalue weighted by molar-refractivity contribution is 0.178. The standard InChI is InChI=1S/C63H88/c1-13-19-33-62(34-20-14-2,35-21-15-3)39-25-27-48-42-54(45(9)10)58-50(44(7)8)29-31-52-57-49(28-26-40-63(36-22-16-4,37-23-17-5)38-24-18-6)43-55-47(12)41-46(11)51-30-32-53(56(48)60(52)58)61(57)59(51)55/h29-32,42-43H,7,9,11-28,33-41H2,1-6,8,10H3. The highest BCUT2D eigenvalue weighted by molar-refractivity contribution is 6.37. The predicted octanol–water partition coefficient (Wildman–Crippen LogP) is 21.0. The van der Waals surface area contributed by atoms with E-state index < -0.39 is 0 Å². The van der Waals surface area contributed by atoms with Gasteiger partial charge < -0.3 is 0 Å². The molecule has 0 bridgehead atoms. The number of allylic oxidation sites excluding steroid dienone is 4. The molecule has 0 amide bonds. The summed E-state index contributed by atoms with van der Waals surface area (Å²) in [5, 5.41) is 11.4. The van der Waals surface area contributed by atoms with Crippen LogP contribution in [0, 0.1) is 10.8 Å². The average Bonchev–Trinajstić information content (AvgIpc) is 3.28. The van der Waals surface area contributed by atoms with Crippen LogP contribution in [0.2, 0.25) is 0 Å². The van der Waals surface area contributed by atoms with E-state index >= 15 is 0 Å². The van der Waals surface area contributed by atoms with Gasteiger partial charge in [0.2, 0.25) is 0 Å². The molecule has 0 radical (unpaired) electrons. The molecule has 0 aliphatic heterocycles. The summed E-state index contributed by atoms with van der Waals surface area (Å²) >= 11 is 0. The van der Waals surface area contributed by atoms with Crippen LogP contribution < -0.4 is 0 Å². The van der Waals surface area contributed by atoms with Crippen molar-refractivity contribution in [1.82, 2.24) is 0 Å². The summed E-state index contributed by atoms with van der Waals surface area (Å²) in [7, 11) is 0. The largest absolute Gasteiger partial charge is 0.0955 e. The molecule has 1 aliphatic carbocycles. The van der Waals surface area contributed by atoms with E-state index in [9.17, 15) is 0 Å². The first-order valence-electron chi connectivity index (χ1n) is 26.4. The fourth-order valence-corrected chi connectivity index (χ4v) is 12.5. The summed E-state index contributed by atoms with van der Waals surface area (Å²) in [5.41, 5.74) is 13.9. The van der Waals surface area contributed by atoms with Gasteiger partial charge in [-0.15, -0.1) is 0 Å². The van der Waals surface area contributed by atoms with Gasteiger partial charge in [0.15, 0.2) is 0 Å². The smallest absolute Gasteiger partial charge is 0.00112 e. The summed E-state index contributed by atoms with van der Waals surface area (Å²) in [5.74, 6) is 0. The Balaban J connectivity index is 1.61. The van der Waals surface area contributed by atoms with E-state index in [1.54, 1.807) is 0 Å². The quantitative estimate of drug-likeness (QED) is 0.0348. The Labute approximate surface area is 386 Å². The van der Waals surface area contributed by atoms with Crippen molar-refractivity contribution >= 4 is 65.4 Å². The Morgan fingerprint density at radius 2 is 0.810 bits per heavy atom. The second-order valence-electron chi connectivity index (χ2n) is 21.0. The van der Waals surface area contributed by atoms with Crippen molar-refractivity contribution < 1.29 is 0 Å². The Kier molecular flexibility index (Phi) is 17.1. The lowest BCUT2D eigenvalue weighted by atomic mass is 9.70. The fraction of sp³-hybridized carbons (Fsp3) is 0.556. The van der Waals surface area contributed by atoms with Crippen LogP contribution >= 0.6 is 0 Å². The topological polar surface area (TPSA) is 0 Å². The number of hydrogen-bond acceptors (Lipinski definition) is 0. The fourth-order valence-electron chi connectivity index (χ4n) is 12.5. The maximum absolute atomic E-state index is 4.76. The first-order valence-corrected chi connectivity index (χ1v) is 26.4. The molecule has 0 saturated heterocycles. The summed E-state index contributed by atoms with van der Waals surface area (Å²) in [4.78, 5) is 0. The molecule has 0 heterocycles. The third-order valence-corrected chi connectivity index (χ3v) is 16.0. The van der Waals surface area contributed by atoms with Gasteiger partial charge >= 0.3 is 0 Å². The molecule has 0 unspecified atom stereocenters. The van der Waals surface area contributed by atoms with E-state index in [-0.39, 0.29) is 0 Å². The van der Waals surface area contributed by atoms with Gasteiger partial charge in [-0.25, -0.2) is 0 Å². The van der Waals surface area contributed by atoms with E-state index in [4.69, 9.17) is 6.58 Å². The molecule has 340 valence electrons. The summed E-state index contributed by atoms with van der Waals surface area (Å²) < 4.78 is 0. The van der Waals surface area contributed by atoms with Crippen molar-refractivity contribution in [1.29, 1.82) is 0 Å². The van der Waals surface area contributed by atoms with Crippen LogP contribution in [0.3, 0.4) is 0 Å². The highest BCUT2D eigenvalue weighted by Crippen LogP contribution is 2.52. The highest BCUT2D eigenvalue weighted by atomic mass is 14.4. The van der Waals surface area contributed by atoms with E-state index in [2.05, 4.69) is 112 Å². The Morgan fingerprint density at radius 3 is 1.24 bits per heavy atom. The third-order valence-electron chi connectivity index (χ3n) is 16.0. The maximum Gasteiger partial charge on any atom is -0.00112 e. The minimum absolute atomic E-state index is 0.454. The molecular weight excluding hydrogens is 757 g/mol. The summed E-state index contributed by atoms with van der Waals surface area (Å²) in [6, 6.07) is 15.0. The number of hydrogen-bond donors (Lipinski definition) is 0. The molecule has 0 heteroatoms. The van der Waals surface area contributed by atoms with Crippen molar-refractivity contribution in [3.63, 3.8) is 0 Å². The van der Waals surface area contributed by atoms with E-state index in [1.165, 1.54) is 229 Å². The van der Waals surface area contributed by atoms with E-state index in [0.29, 0.717) is 10.8 Å². The molecule has 5 aromatic rings. The molecule has 0 aromatic heterocycles. The number of unbranched alkanes of at least 4 members (excludes halogenated alkanes) is 6. The van der Waals surface area contributed by atoms with E-state index in [0.717, 1.165) is 30.4 Å². The maximum atomic E-state index is 4.76. The zero-order chi connectivity index (χ0) is 45.3. The van der Waals surface area contributed by atoms with Gasteiger partial charge in [-0.05, 0) is 196 Å². The second kappa shape index (κ2) is 22.0. The van der Waals surface area contributed by atoms with Crippen LogP contribution in [-0.2, 0) is 12.8 Å². The van der Waals surface area contributed by atoms with Gasteiger partial charge in [0.1, 0.15) is 0 Å². The number of benzene rings is 5. The van der Waals surface area contributed by atoms with Crippen molar-refractivity contribution in [3.05, 3.63) is 96.1 Å². The Hall–Kier alpha value is -3.64. The number of fused-ring (bicyclic) bond motifs is 2. The molecular formula is C63H88. The summed E-state index contributed by atoms with van der Waals surface area (Å²) in [6.07, 6.45) is 32.3. The molecule has 0 nitrogen and oxygen atoms in total. The molecule has 0 atom stereocenters. The molecule has 63 heavy (non-hydrogen) atoms. The first kappa shape index (κ1) is 48.8. The van der Waals surface area contributed by atoms with Crippen molar-refractivity contribution in [2.75, 3.05) is 0 Å². The van der Waals surface area contributed by atoms with Gasteiger partial charge in [0.05, 0.1) is 0 Å². The van der Waals surface area contributed by atoms with Crippen molar-refractivity contribution in [2.45, 2.75) is 216 Å². The molecule has 6 rings (SSSR count). The van der Waals surface area contributed by atoms with Gasteiger partial charge in [-0.1, -0.05) is 192 Å². The zero-order valence-electron chi connectivity index (χ0n) is 42.0. The summed E-state index contributed by atoms with van der Waals surface area (Å²) in [6.45, 7) is 37.4. The molecule has 0 spiro atoms. The third kappa shape index (κ3) is 10.3. The van der Waals surface area contributed by atoms with Crippen LogP contribution in [0.5, 0.6) is 0 Å². The predicted molar refractivity (Wildman–Crippen MR) is 288 cm³/mol. The average molecular weight is 845 g/mol. The SMILES string of the molecule is C=C(C)c1ccc2c3c(CCCC(CCCC)(CCCC)CCCC)cc4c5c(ccc(c6c(CCCC(CCCC)(CCCC)CCCC)cc(C(=C)C)c1c26)c53)C(=C)CC4=C. The lowest BCUT2D eigenvalue weighted by Crippen LogP contribution is -2.21. The zero-order valence-corrected chi connectivity index (χ0v) is 42.0.